The Labute approximate surface area is 309 Å². The topological polar surface area (TPSA) is 348 Å². The van der Waals surface area contributed by atoms with Crippen molar-refractivity contribution in [3.63, 3.8) is 0 Å². The van der Waals surface area contributed by atoms with E-state index in [1.165, 1.54) is 6.92 Å². The first-order valence-corrected chi connectivity index (χ1v) is 18.5. The Morgan fingerprint density at radius 2 is 1.06 bits per heavy atom. The zero-order valence-corrected chi connectivity index (χ0v) is 29.5. The third-order valence-electron chi connectivity index (χ3n) is 11.9. The van der Waals surface area contributed by atoms with Crippen molar-refractivity contribution >= 4 is 0 Å². The second-order valence-corrected chi connectivity index (χ2v) is 15.6. The summed E-state index contributed by atoms with van der Waals surface area (Å²) < 4.78 is 41.0. The Balaban J connectivity index is 1.16. The average molecular weight is 789 g/mol. The summed E-state index contributed by atoms with van der Waals surface area (Å²) in [5.41, 5.74) is 0. The van der Waals surface area contributed by atoms with Gasteiger partial charge in [-0.1, -0.05) is 0 Å². The van der Waals surface area contributed by atoms with Crippen LogP contribution in [0.15, 0.2) is 0 Å². The number of fused-ring (bicyclic) bond motifs is 1. The molecule has 314 valence electrons. The lowest BCUT2D eigenvalue weighted by atomic mass is 9.72. The number of rotatable bonds is 9. The van der Waals surface area contributed by atoms with Crippen LogP contribution in [0.5, 0.6) is 0 Å². The van der Waals surface area contributed by atoms with E-state index in [0.29, 0.717) is 0 Å². The third kappa shape index (κ3) is 8.63. The van der Waals surface area contributed by atoms with E-state index < -0.39 is 166 Å². The molecule has 21 nitrogen and oxygen atoms in total. The van der Waals surface area contributed by atoms with E-state index in [9.17, 15) is 71.5 Å². The molecule has 0 spiro atoms. The molecular weight excluding hydrogens is 732 g/mol. The van der Waals surface area contributed by atoms with Gasteiger partial charge < -0.3 is 105 Å². The number of aliphatic hydroxyl groups is 14. The number of hydrogen-bond acceptors (Lipinski definition) is 21. The molecule has 0 bridgehead atoms. The van der Waals surface area contributed by atoms with Gasteiger partial charge in [0.2, 0.25) is 0 Å². The van der Waals surface area contributed by atoms with Crippen LogP contribution < -0.4 is 0 Å². The van der Waals surface area contributed by atoms with Crippen molar-refractivity contribution < 1.29 is 105 Å². The fourth-order valence-corrected chi connectivity index (χ4v) is 8.61. The zero-order valence-electron chi connectivity index (χ0n) is 29.5. The lowest BCUT2D eigenvalue weighted by Crippen LogP contribution is -2.63. The molecular formula is C33H56O21. The first-order valence-electron chi connectivity index (χ1n) is 18.5. The highest BCUT2D eigenvalue weighted by Crippen LogP contribution is 2.44. The first-order chi connectivity index (χ1) is 25.5. The van der Waals surface area contributed by atoms with Gasteiger partial charge in [0.1, 0.15) is 73.2 Å². The number of ether oxygens (including phenoxy) is 7. The van der Waals surface area contributed by atoms with Gasteiger partial charge in [-0.25, -0.2) is 0 Å². The van der Waals surface area contributed by atoms with Crippen molar-refractivity contribution in [2.45, 2.75) is 180 Å². The normalized spacial score (nSPS) is 55.9. The van der Waals surface area contributed by atoms with Crippen LogP contribution in [0, 0.1) is 11.8 Å². The predicted molar refractivity (Wildman–Crippen MR) is 171 cm³/mol. The lowest BCUT2D eigenvalue weighted by molar-refractivity contribution is -0.348. The molecule has 0 aromatic heterocycles. The van der Waals surface area contributed by atoms with Gasteiger partial charge in [0.05, 0.1) is 62.0 Å². The van der Waals surface area contributed by atoms with Gasteiger partial charge in [-0.2, -0.15) is 0 Å². The van der Waals surface area contributed by atoms with Crippen LogP contribution in [-0.4, -0.2) is 226 Å². The SMILES string of the molecule is CC1OC(OCC2OC(OC3CC4C(O)CC(OC5OC(CO)C(O)C(O)C5O)CC4OC3C3CC(O)C(O)C(O)C3)C(O)C(O)C2O)C(O)C(O)C1O. The summed E-state index contributed by atoms with van der Waals surface area (Å²) in [4.78, 5) is 0. The van der Waals surface area contributed by atoms with Crippen LogP contribution in [0.2, 0.25) is 0 Å². The summed E-state index contributed by atoms with van der Waals surface area (Å²) >= 11 is 0. The van der Waals surface area contributed by atoms with E-state index in [1.54, 1.807) is 0 Å². The standard InChI is InChI=1S/C33H56O21/c1-9-20(38)24(42)27(45)31(49-9)48-8-19-23(41)26(44)29(47)33(54-19)52-17-6-12-13(35)4-11(50-32-28(46)25(43)22(40)18(7-34)53-32)5-16(12)51-30(17)10-2-14(36)21(39)15(37)3-10/h9-47H,2-8H2,1H3. The summed E-state index contributed by atoms with van der Waals surface area (Å²) in [6, 6.07) is 0. The van der Waals surface area contributed by atoms with Gasteiger partial charge in [-0.3, -0.25) is 0 Å². The lowest BCUT2D eigenvalue weighted by Gasteiger charge is -2.52. The van der Waals surface area contributed by atoms with Crippen molar-refractivity contribution in [1.82, 2.24) is 0 Å². The molecule has 0 amide bonds. The molecule has 23 atom stereocenters. The van der Waals surface area contributed by atoms with Crippen LogP contribution in [0.1, 0.15) is 39.0 Å². The summed E-state index contributed by atoms with van der Waals surface area (Å²) in [5.74, 6) is -1.29. The minimum Gasteiger partial charge on any atom is -0.394 e. The fourth-order valence-electron chi connectivity index (χ4n) is 8.61. The molecule has 54 heavy (non-hydrogen) atoms. The molecule has 4 saturated heterocycles. The van der Waals surface area contributed by atoms with Gasteiger partial charge in [-0.15, -0.1) is 0 Å². The Morgan fingerprint density at radius 1 is 0.500 bits per heavy atom. The van der Waals surface area contributed by atoms with E-state index in [2.05, 4.69) is 0 Å². The van der Waals surface area contributed by atoms with Crippen molar-refractivity contribution in [3.05, 3.63) is 0 Å². The molecule has 0 radical (unpaired) electrons. The average Bonchev–Trinajstić information content (AvgIpc) is 3.14. The molecule has 23 unspecified atom stereocenters. The van der Waals surface area contributed by atoms with Crippen molar-refractivity contribution in [2.24, 2.45) is 11.8 Å². The number of aliphatic hydroxyl groups excluding tert-OH is 14. The minimum absolute atomic E-state index is 0.00368. The highest BCUT2D eigenvalue weighted by atomic mass is 16.7. The van der Waals surface area contributed by atoms with E-state index in [0.717, 1.165) is 0 Å². The van der Waals surface area contributed by atoms with E-state index in [1.807, 2.05) is 0 Å². The predicted octanol–water partition coefficient (Wildman–Crippen LogP) is -7.37. The second kappa shape index (κ2) is 17.6. The number of hydrogen-bond donors (Lipinski definition) is 14. The Hall–Kier alpha value is -0.840. The highest BCUT2D eigenvalue weighted by Gasteiger charge is 2.54. The van der Waals surface area contributed by atoms with Gasteiger partial charge in [-0.05, 0) is 32.1 Å². The largest absolute Gasteiger partial charge is 0.394 e. The van der Waals surface area contributed by atoms with Gasteiger partial charge in [0.25, 0.3) is 0 Å². The second-order valence-electron chi connectivity index (χ2n) is 15.6. The molecule has 0 aromatic carbocycles. The van der Waals surface area contributed by atoms with Gasteiger partial charge in [0.15, 0.2) is 18.9 Å². The van der Waals surface area contributed by atoms with Gasteiger partial charge in [0, 0.05) is 18.8 Å². The first kappa shape index (κ1) is 42.8. The van der Waals surface area contributed by atoms with Crippen molar-refractivity contribution in [3.8, 4) is 0 Å². The summed E-state index contributed by atoms with van der Waals surface area (Å²) in [6.45, 7) is 0.240. The minimum atomic E-state index is -1.83. The van der Waals surface area contributed by atoms with Crippen molar-refractivity contribution in [2.75, 3.05) is 13.2 Å². The maximum atomic E-state index is 11.3. The summed E-state index contributed by atoms with van der Waals surface area (Å²) in [5, 5.41) is 146. The monoisotopic (exact) mass is 788 g/mol. The van der Waals surface area contributed by atoms with Crippen LogP contribution in [0.3, 0.4) is 0 Å². The van der Waals surface area contributed by atoms with E-state index in [-0.39, 0.29) is 32.1 Å². The molecule has 2 saturated carbocycles. The molecule has 21 heteroatoms. The Morgan fingerprint density at radius 3 is 1.69 bits per heavy atom. The quantitative estimate of drug-likeness (QED) is 0.103. The van der Waals surface area contributed by atoms with Gasteiger partial charge >= 0.3 is 0 Å². The third-order valence-corrected chi connectivity index (χ3v) is 11.9. The molecule has 14 N–H and O–H groups in total. The Kier molecular flexibility index (Phi) is 13.9. The molecule has 2 aliphatic carbocycles. The van der Waals surface area contributed by atoms with Crippen molar-refractivity contribution in [1.29, 1.82) is 0 Å². The summed E-state index contributed by atoms with van der Waals surface area (Å²) in [7, 11) is 0. The zero-order chi connectivity index (χ0) is 39.3. The molecule has 0 aromatic rings. The molecule has 6 rings (SSSR count). The maximum Gasteiger partial charge on any atom is 0.187 e. The Bertz CT molecular complexity index is 1190. The summed E-state index contributed by atoms with van der Waals surface area (Å²) in [6.07, 6.45) is -31.8. The van der Waals surface area contributed by atoms with Crippen LogP contribution in [0.4, 0.5) is 0 Å². The molecule has 4 heterocycles. The van der Waals surface area contributed by atoms with Crippen LogP contribution in [0.25, 0.3) is 0 Å². The maximum absolute atomic E-state index is 11.3. The van der Waals surface area contributed by atoms with E-state index in [4.69, 9.17) is 33.2 Å². The highest BCUT2D eigenvalue weighted by molar-refractivity contribution is 5.01. The fraction of sp³-hybridized carbons (Fsp3) is 1.00. The molecule has 4 aliphatic heterocycles. The van der Waals surface area contributed by atoms with E-state index >= 15 is 0 Å². The smallest absolute Gasteiger partial charge is 0.187 e. The van der Waals surface area contributed by atoms with Crippen LogP contribution >= 0.6 is 0 Å². The molecule has 6 aliphatic rings. The van der Waals surface area contributed by atoms with Crippen LogP contribution in [-0.2, 0) is 33.2 Å². The molecule has 6 fully saturated rings.